The summed E-state index contributed by atoms with van der Waals surface area (Å²) in [5.41, 5.74) is 0. The minimum Gasteiger partial charge on any atom is -2.00 e. The molecule has 0 aromatic carbocycles. The van der Waals surface area contributed by atoms with Crippen molar-refractivity contribution in [2.24, 2.45) is 0 Å². The summed E-state index contributed by atoms with van der Waals surface area (Å²) in [7, 11) is 0. The summed E-state index contributed by atoms with van der Waals surface area (Å²) in [5, 5.41) is 0. The van der Waals surface area contributed by atoms with Crippen LogP contribution in [-0.4, -0.2) is 45.5 Å². The van der Waals surface area contributed by atoms with Gasteiger partial charge in [-0.3, -0.25) is 0 Å². The minimum atomic E-state index is 0. The first-order valence-corrected chi connectivity index (χ1v) is 0. The molecule has 6 heavy (non-hydrogen) atoms. The second kappa shape index (κ2) is 33.8. The zero-order valence-electron chi connectivity index (χ0n) is 3.51. The first-order chi connectivity index (χ1) is 0. The molecule has 0 fully saturated rings. The van der Waals surface area contributed by atoms with Gasteiger partial charge in [-0.25, -0.2) is 0 Å². The SMILES string of the molecule is [Cs+].[O-2].[O-2].[O-2].[Sr+2].[Y+3]. The molecule has 0 heterocycles. The van der Waals surface area contributed by atoms with Crippen molar-refractivity contribution in [1.82, 2.24) is 0 Å². The average Bonchev–Trinajstić information content (AvgIpc) is 0. The molecule has 24 valence electrons. The Morgan fingerprint density at radius 3 is 0.667 bits per heavy atom. The van der Waals surface area contributed by atoms with Crippen LogP contribution < -0.4 is 68.9 Å². The van der Waals surface area contributed by atoms with E-state index in [0.29, 0.717) is 0 Å². The Kier molecular flexibility index (Phi) is 263. The zero-order valence-corrected chi connectivity index (χ0v) is 16.1. The van der Waals surface area contributed by atoms with Crippen LogP contribution in [0.3, 0.4) is 0 Å². The van der Waals surface area contributed by atoms with Crippen LogP contribution in [0.25, 0.3) is 0 Å². The molecule has 0 rings (SSSR count). The fourth-order valence-corrected chi connectivity index (χ4v) is 0. The van der Waals surface area contributed by atoms with E-state index in [0.717, 1.165) is 0 Å². The zero-order chi connectivity index (χ0) is 0. The van der Waals surface area contributed by atoms with E-state index in [1.165, 1.54) is 0 Å². The fourth-order valence-electron chi connectivity index (χ4n) is 0. The van der Waals surface area contributed by atoms with Crippen molar-refractivity contribution in [2.45, 2.75) is 0 Å². The van der Waals surface area contributed by atoms with E-state index >= 15 is 0 Å². The number of hydrogen-bond donors (Lipinski definition) is 0. The van der Waals surface area contributed by atoms with Gasteiger partial charge in [0.15, 0.2) is 0 Å². The van der Waals surface area contributed by atoms with Gasteiger partial charge in [-0.05, 0) is 0 Å². The van der Waals surface area contributed by atoms with E-state index < -0.39 is 0 Å². The van der Waals surface area contributed by atoms with Crippen molar-refractivity contribution in [3.8, 4) is 0 Å². The van der Waals surface area contributed by atoms with Gasteiger partial charge in [0.25, 0.3) is 0 Å². The molecule has 0 atom stereocenters. The Morgan fingerprint density at radius 1 is 0.667 bits per heavy atom. The average molecular weight is 357 g/mol. The van der Waals surface area contributed by atoms with Gasteiger partial charge in [0.1, 0.15) is 0 Å². The smallest absolute Gasteiger partial charge is 2.00 e. The van der Waals surface area contributed by atoms with Crippen molar-refractivity contribution in [3.63, 3.8) is 0 Å². The van der Waals surface area contributed by atoms with Gasteiger partial charge in [-0.2, -0.15) is 0 Å². The van der Waals surface area contributed by atoms with Crippen molar-refractivity contribution in [2.75, 3.05) is 0 Å². The van der Waals surface area contributed by atoms with Gasteiger partial charge in [0.2, 0.25) is 0 Å². The molecule has 0 bridgehead atoms. The van der Waals surface area contributed by atoms with Gasteiger partial charge >= 0.3 is 147 Å². The standard InChI is InChI=1S/Cs.3O.Sr.Y/q+1;3*-2;+2;+3. The van der Waals surface area contributed by atoms with E-state index in [4.69, 9.17) is 0 Å². The van der Waals surface area contributed by atoms with Crippen molar-refractivity contribution in [1.29, 1.82) is 0 Å². The van der Waals surface area contributed by atoms with Crippen molar-refractivity contribution >= 4 is 45.5 Å². The van der Waals surface area contributed by atoms with Crippen molar-refractivity contribution in [3.05, 3.63) is 0 Å². The molecule has 0 spiro atoms. The topological polar surface area (TPSA) is 85.5 Å². The van der Waals surface area contributed by atoms with Crippen LogP contribution in [0, 0.1) is 0 Å². The summed E-state index contributed by atoms with van der Waals surface area (Å²) in [5.74, 6) is 0. The Labute approximate surface area is 158 Å². The van der Waals surface area contributed by atoms with Gasteiger partial charge in [0.05, 0.1) is 0 Å². The third kappa shape index (κ3) is 23.6. The summed E-state index contributed by atoms with van der Waals surface area (Å²) in [4.78, 5) is 0. The molecule has 0 aliphatic rings. The molecule has 6 heteroatoms. The third-order valence-corrected chi connectivity index (χ3v) is 0. The molecule has 0 aromatic rings. The molecule has 0 N–H and O–H groups in total. The molecule has 0 radical (unpaired) electrons. The molecule has 0 amide bonds. The maximum absolute atomic E-state index is 0. The minimum absolute atomic E-state index is 0. The molecule has 0 saturated heterocycles. The van der Waals surface area contributed by atoms with Gasteiger partial charge in [-0.15, -0.1) is 0 Å². The van der Waals surface area contributed by atoms with Crippen LogP contribution in [0.2, 0.25) is 0 Å². The van der Waals surface area contributed by atoms with Gasteiger partial charge < -0.3 is 16.4 Å². The quantitative estimate of drug-likeness (QED) is 0.399. The fraction of sp³-hybridized carbons (Fsp3) is 0. The van der Waals surface area contributed by atoms with Crippen LogP contribution in [0.15, 0.2) is 0 Å². The van der Waals surface area contributed by atoms with E-state index in [9.17, 15) is 0 Å². The second-order valence-electron chi connectivity index (χ2n) is 0. The molecular formula is CsO3SrY. The summed E-state index contributed by atoms with van der Waals surface area (Å²) < 4.78 is 0. The normalized spacial score (nSPS) is 0. The monoisotopic (exact) mass is 358 g/mol. The molecule has 0 saturated carbocycles. The number of rotatable bonds is 0. The van der Waals surface area contributed by atoms with E-state index in [2.05, 4.69) is 0 Å². The van der Waals surface area contributed by atoms with Crippen LogP contribution in [0.1, 0.15) is 0 Å². The molecule has 0 aliphatic heterocycles. The Balaban J connectivity index is 0. The number of hydrogen-bond acceptors (Lipinski definition) is 0. The summed E-state index contributed by atoms with van der Waals surface area (Å²) in [6.07, 6.45) is 0. The molecule has 3 nitrogen and oxygen atoms in total. The van der Waals surface area contributed by atoms with Crippen LogP contribution in [0.4, 0.5) is 0 Å². The van der Waals surface area contributed by atoms with E-state index in [1.807, 2.05) is 0 Å². The Bertz CT molecular complexity index is 10.8. The Morgan fingerprint density at radius 2 is 0.667 bits per heavy atom. The third-order valence-electron chi connectivity index (χ3n) is 0. The molecule has 0 aliphatic carbocycles. The van der Waals surface area contributed by atoms with Crippen LogP contribution in [-0.2, 0) is 49.1 Å². The first kappa shape index (κ1) is 46.7. The van der Waals surface area contributed by atoms with Crippen LogP contribution in [0.5, 0.6) is 0 Å². The van der Waals surface area contributed by atoms with Crippen LogP contribution >= 0.6 is 0 Å². The first-order valence-electron chi connectivity index (χ1n) is 0. The predicted molar refractivity (Wildman–Crippen MR) is 7.81 cm³/mol. The van der Waals surface area contributed by atoms with E-state index in [1.54, 1.807) is 0 Å². The van der Waals surface area contributed by atoms with Gasteiger partial charge in [0, 0.05) is 0 Å². The summed E-state index contributed by atoms with van der Waals surface area (Å²) in [6.45, 7) is 0. The molecular weight excluding hydrogens is 357 g/mol. The second-order valence-corrected chi connectivity index (χ2v) is 0. The predicted octanol–water partition coefficient (Wildman–Crippen LogP) is -3.74. The van der Waals surface area contributed by atoms with E-state index in [-0.39, 0.29) is 164 Å². The van der Waals surface area contributed by atoms with Gasteiger partial charge in [-0.1, -0.05) is 0 Å². The molecule has 0 unspecified atom stereocenters. The molecule has 0 aromatic heterocycles. The summed E-state index contributed by atoms with van der Waals surface area (Å²) >= 11 is 0. The Hall–Kier alpha value is 4.52. The van der Waals surface area contributed by atoms with Crippen molar-refractivity contribution < 1.29 is 118 Å². The maximum Gasteiger partial charge on any atom is 3.00 e. The largest absolute Gasteiger partial charge is 3.00 e. The summed E-state index contributed by atoms with van der Waals surface area (Å²) in [6, 6.07) is 0. The maximum atomic E-state index is 0.